The van der Waals surface area contributed by atoms with Crippen LogP contribution in [0.3, 0.4) is 0 Å². The molecule has 2 aromatic heterocycles. The molecule has 7 nitrogen and oxygen atoms in total. The summed E-state index contributed by atoms with van der Waals surface area (Å²) in [6, 6.07) is 1.49. The second-order valence-corrected chi connectivity index (χ2v) is 5.33. The number of likely N-dealkylation sites (tertiary alicyclic amines) is 1. The zero-order chi connectivity index (χ0) is 14.8. The van der Waals surface area contributed by atoms with E-state index in [1.807, 2.05) is 0 Å². The van der Waals surface area contributed by atoms with Crippen molar-refractivity contribution in [2.24, 2.45) is 5.73 Å². The molecule has 0 aromatic carbocycles. The molecular weight excluding hydrogens is 292 g/mol. The number of hydrogen-bond acceptors (Lipinski definition) is 5. The highest BCUT2D eigenvalue weighted by atomic mass is 35.5. The number of halogens is 1. The number of carbonyl (C=O) groups excluding carboxylic acids is 1. The second-order valence-electron chi connectivity index (χ2n) is 4.97. The highest BCUT2D eigenvalue weighted by Gasteiger charge is 2.27. The van der Waals surface area contributed by atoms with Crippen molar-refractivity contribution in [2.75, 3.05) is 18.4 Å². The number of primary amides is 1. The Morgan fingerprint density at radius 1 is 1.48 bits per heavy atom. The standard InChI is InChI=1S/C13H15ClN6O/c14-11-9-3-4-16-7-10(9)12(19-18-11)17-6-8-2-1-5-20(8)13(15)21/h3-4,7-8H,1-2,5-6H2,(H2,15,21)(H,17,19). The first-order chi connectivity index (χ1) is 10.2. The van der Waals surface area contributed by atoms with Crippen LogP contribution in [0.4, 0.5) is 10.6 Å². The van der Waals surface area contributed by atoms with Crippen LogP contribution in [-0.4, -0.2) is 45.2 Å². The Morgan fingerprint density at radius 2 is 2.33 bits per heavy atom. The molecule has 0 spiro atoms. The van der Waals surface area contributed by atoms with E-state index in [0.717, 1.165) is 23.6 Å². The minimum Gasteiger partial charge on any atom is -0.366 e. The highest BCUT2D eigenvalue weighted by Crippen LogP contribution is 2.25. The molecule has 1 aliphatic heterocycles. The van der Waals surface area contributed by atoms with Gasteiger partial charge in [0.1, 0.15) is 0 Å². The molecule has 1 atom stereocenters. The van der Waals surface area contributed by atoms with Crippen LogP contribution in [-0.2, 0) is 0 Å². The summed E-state index contributed by atoms with van der Waals surface area (Å²) in [5.41, 5.74) is 5.37. The van der Waals surface area contributed by atoms with Gasteiger partial charge in [-0.25, -0.2) is 4.79 Å². The van der Waals surface area contributed by atoms with Crippen LogP contribution in [0.2, 0.25) is 5.15 Å². The molecule has 2 amide bonds. The monoisotopic (exact) mass is 306 g/mol. The largest absolute Gasteiger partial charge is 0.366 e. The average molecular weight is 307 g/mol. The van der Waals surface area contributed by atoms with Crippen molar-refractivity contribution in [1.82, 2.24) is 20.1 Å². The molecule has 1 unspecified atom stereocenters. The lowest BCUT2D eigenvalue weighted by atomic mass is 10.2. The maximum atomic E-state index is 11.3. The number of hydrogen-bond donors (Lipinski definition) is 2. The molecule has 110 valence electrons. The first-order valence-electron chi connectivity index (χ1n) is 6.72. The van der Waals surface area contributed by atoms with Gasteiger partial charge in [-0.15, -0.1) is 10.2 Å². The van der Waals surface area contributed by atoms with Crippen LogP contribution in [0.25, 0.3) is 10.8 Å². The smallest absolute Gasteiger partial charge is 0.315 e. The van der Waals surface area contributed by atoms with Gasteiger partial charge in [0.25, 0.3) is 0 Å². The lowest BCUT2D eigenvalue weighted by Gasteiger charge is -2.23. The van der Waals surface area contributed by atoms with Gasteiger partial charge in [0.15, 0.2) is 11.0 Å². The van der Waals surface area contributed by atoms with E-state index in [2.05, 4.69) is 20.5 Å². The molecule has 0 bridgehead atoms. The number of nitrogens with zero attached hydrogens (tertiary/aromatic N) is 4. The van der Waals surface area contributed by atoms with Gasteiger partial charge in [0, 0.05) is 36.3 Å². The maximum Gasteiger partial charge on any atom is 0.315 e. The topological polar surface area (TPSA) is 97.0 Å². The van der Waals surface area contributed by atoms with Crippen molar-refractivity contribution in [2.45, 2.75) is 18.9 Å². The van der Waals surface area contributed by atoms with Gasteiger partial charge >= 0.3 is 6.03 Å². The van der Waals surface area contributed by atoms with Crippen LogP contribution in [0.15, 0.2) is 18.5 Å². The van der Waals surface area contributed by atoms with Crippen LogP contribution in [0.1, 0.15) is 12.8 Å². The Hall–Kier alpha value is -2.15. The van der Waals surface area contributed by atoms with E-state index in [9.17, 15) is 4.79 Å². The van der Waals surface area contributed by atoms with E-state index >= 15 is 0 Å². The summed E-state index contributed by atoms with van der Waals surface area (Å²) >= 11 is 6.02. The summed E-state index contributed by atoms with van der Waals surface area (Å²) in [5.74, 6) is 0.610. The number of fused-ring (bicyclic) bond motifs is 1. The van der Waals surface area contributed by atoms with E-state index in [0.29, 0.717) is 24.1 Å². The minimum absolute atomic E-state index is 0.0756. The van der Waals surface area contributed by atoms with Gasteiger partial charge in [0.05, 0.1) is 6.04 Å². The third-order valence-electron chi connectivity index (χ3n) is 3.70. The quantitative estimate of drug-likeness (QED) is 0.898. The Morgan fingerprint density at radius 3 is 3.14 bits per heavy atom. The van der Waals surface area contributed by atoms with Gasteiger partial charge in [0.2, 0.25) is 0 Å². The number of pyridine rings is 1. The second kappa shape index (κ2) is 5.69. The van der Waals surface area contributed by atoms with Crippen LogP contribution < -0.4 is 11.1 Å². The molecule has 3 heterocycles. The number of nitrogens with one attached hydrogen (secondary N) is 1. The SMILES string of the molecule is NC(=O)N1CCCC1CNc1nnc(Cl)c2ccncc12. The molecule has 8 heteroatoms. The predicted molar refractivity (Wildman–Crippen MR) is 80.1 cm³/mol. The van der Waals surface area contributed by atoms with E-state index < -0.39 is 0 Å². The molecule has 1 aliphatic rings. The molecule has 1 saturated heterocycles. The van der Waals surface area contributed by atoms with Gasteiger partial charge < -0.3 is 16.0 Å². The molecule has 0 saturated carbocycles. The van der Waals surface area contributed by atoms with Crippen molar-refractivity contribution in [1.29, 1.82) is 0 Å². The van der Waals surface area contributed by atoms with Gasteiger partial charge in [-0.2, -0.15) is 0 Å². The first-order valence-corrected chi connectivity index (χ1v) is 7.10. The first kappa shape index (κ1) is 13.8. The zero-order valence-corrected chi connectivity index (χ0v) is 12.0. The Bertz CT molecular complexity index is 679. The summed E-state index contributed by atoms with van der Waals surface area (Å²) in [6.07, 6.45) is 5.24. The Labute approximate surface area is 126 Å². The Balaban J connectivity index is 1.80. The van der Waals surface area contributed by atoms with Gasteiger partial charge in [-0.3, -0.25) is 4.98 Å². The maximum absolute atomic E-state index is 11.3. The van der Waals surface area contributed by atoms with Crippen LogP contribution in [0.5, 0.6) is 0 Å². The number of anilines is 1. The number of aromatic nitrogens is 3. The minimum atomic E-state index is -0.381. The van der Waals surface area contributed by atoms with Crippen molar-refractivity contribution in [3.05, 3.63) is 23.6 Å². The molecule has 3 N–H and O–H groups in total. The number of urea groups is 1. The third kappa shape index (κ3) is 2.69. The molecule has 2 aromatic rings. The van der Waals surface area contributed by atoms with Gasteiger partial charge in [-0.05, 0) is 18.9 Å². The molecule has 21 heavy (non-hydrogen) atoms. The lowest BCUT2D eigenvalue weighted by Crippen LogP contribution is -2.42. The van der Waals surface area contributed by atoms with Crippen LogP contribution in [0, 0.1) is 0 Å². The van der Waals surface area contributed by atoms with Crippen molar-refractivity contribution in [3.8, 4) is 0 Å². The fourth-order valence-corrected chi connectivity index (χ4v) is 2.85. The van der Waals surface area contributed by atoms with E-state index in [1.54, 1.807) is 23.4 Å². The fourth-order valence-electron chi connectivity index (χ4n) is 2.65. The third-order valence-corrected chi connectivity index (χ3v) is 3.98. The molecular formula is C13H15ClN6O. The van der Waals surface area contributed by atoms with Crippen molar-refractivity contribution < 1.29 is 4.79 Å². The fraction of sp³-hybridized carbons (Fsp3) is 0.385. The summed E-state index contributed by atoms with van der Waals surface area (Å²) in [4.78, 5) is 17.1. The molecule has 0 aliphatic carbocycles. The molecule has 1 fully saturated rings. The van der Waals surface area contributed by atoms with E-state index in [4.69, 9.17) is 17.3 Å². The highest BCUT2D eigenvalue weighted by molar-refractivity contribution is 6.34. The predicted octanol–water partition coefficient (Wildman–Crippen LogP) is 1.63. The van der Waals surface area contributed by atoms with E-state index in [-0.39, 0.29) is 12.1 Å². The summed E-state index contributed by atoms with van der Waals surface area (Å²) in [7, 11) is 0. The normalized spacial score (nSPS) is 18.1. The lowest BCUT2D eigenvalue weighted by molar-refractivity contribution is 0.204. The number of carbonyl (C=O) groups is 1. The van der Waals surface area contributed by atoms with Crippen molar-refractivity contribution >= 4 is 34.2 Å². The van der Waals surface area contributed by atoms with Gasteiger partial charge in [-0.1, -0.05) is 11.6 Å². The number of rotatable bonds is 3. The van der Waals surface area contributed by atoms with E-state index in [1.165, 1.54) is 0 Å². The molecule has 0 radical (unpaired) electrons. The van der Waals surface area contributed by atoms with Crippen LogP contribution >= 0.6 is 11.6 Å². The number of amides is 2. The van der Waals surface area contributed by atoms with Crippen molar-refractivity contribution in [3.63, 3.8) is 0 Å². The summed E-state index contributed by atoms with van der Waals surface area (Å²) < 4.78 is 0. The zero-order valence-electron chi connectivity index (χ0n) is 11.3. The Kier molecular flexibility index (Phi) is 3.74. The average Bonchev–Trinajstić information content (AvgIpc) is 2.96. The summed E-state index contributed by atoms with van der Waals surface area (Å²) in [5, 5.41) is 13.2. The number of nitrogens with two attached hydrogens (primary N) is 1. The summed E-state index contributed by atoms with van der Waals surface area (Å²) in [6.45, 7) is 1.28. The molecule has 3 rings (SSSR count).